The lowest BCUT2D eigenvalue weighted by molar-refractivity contribution is -0.136. The fourth-order valence-corrected chi connectivity index (χ4v) is 1.03. The lowest BCUT2D eigenvalue weighted by Crippen LogP contribution is -1.98. The molecule has 1 heterocycles. The van der Waals surface area contributed by atoms with Crippen molar-refractivity contribution >= 4 is 5.97 Å². The summed E-state index contributed by atoms with van der Waals surface area (Å²) < 4.78 is 1.97. The highest BCUT2D eigenvalue weighted by atomic mass is 16.4. The second-order valence-corrected chi connectivity index (χ2v) is 3.30. The van der Waals surface area contributed by atoms with Crippen LogP contribution in [0.1, 0.15) is 32.0 Å². The van der Waals surface area contributed by atoms with Crippen LogP contribution >= 0.6 is 0 Å². The molecule has 13 heavy (non-hydrogen) atoms. The molecular weight excluding hydrogens is 168 g/mol. The first-order valence-corrected chi connectivity index (χ1v) is 4.33. The van der Waals surface area contributed by atoms with E-state index in [4.69, 9.17) is 5.11 Å². The maximum absolute atomic E-state index is 10.3. The van der Waals surface area contributed by atoms with Crippen LogP contribution in [-0.2, 0) is 11.2 Å². The van der Waals surface area contributed by atoms with Crippen LogP contribution in [0.2, 0.25) is 0 Å². The van der Waals surface area contributed by atoms with Crippen molar-refractivity contribution < 1.29 is 9.90 Å². The molecule has 0 bridgehead atoms. The molecule has 0 radical (unpaired) electrons. The number of carboxylic acids is 1. The molecular formula is C9H14N2O2. The van der Waals surface area contributed by atoms with Crippen LogP contribution < -0.4 is 0 Å². The SMILES string of the molecule is CC(C)n1cnc(CCC(=O)O)c1. The number of carbonyl (C=O) groups is 1. The largest absolute Gasteiger partial charge is 0.481 e. The van der Waals surface area contributed by atoms with Gasteiger partial charge in [-0.1, -0.05) is 0 Å². The molecule has 0 aliphatic rings. The molecule has 4 heteroatoms. The van der Waals surface area contributed by atoms with Crippen LogP contribution in [0.15, 0.2) is 12.5 Å². The van der Waals surface area contributed by atoms with Gasteiger partial charge in [0, 0.05) is 18.7 Å². The molecule has 0 fully saturated rings. The van der Waals surface area contributed by atoms with E-state index in [-0.39, 0.29) is 6.42 Å². The Morgan fingerprint density at radius 2 is 2.38 bits per heavy atom. The zero-order valence-electron chi connectivity index (χ0n) is 7.90. The monoisotopic (exact) mass is 182 g/mol. The Labute approximate surface area is 77.2 Å². The topological polar surface area (TPSA) is 55.1 Å². The van der Waals surface area contributed by atoms with Crippen LogP contribution in [0.5, 0.6) is 0 Å². The highest BCUT2D eigenvalue weighted by Gasteiger charge is 2.03. The van der Waals surface area contributed by atoms with Gasteiger partial charge in [0.1, 0.15) is 0 Å². The summed E-state index contributed by atoms with van der Waals surface area (Å²) in [5.74, 6) is -0.779. The van der Waals surface area contributed by atoms with Gasteiger partial charge in [0.15, 0.2) is 0 Å². The molecule has 0 aromatic carbocycles. The number of hydrogen-bond acceptors (Lipinski definition) is 2. The first-order valence-electron chi connectivity index (χ1n) is 4.33. The van der Waals surface area contributed by atoms with Crippen LogP contribution in [0, 0.1) is 0 Å². The Balaban J connectivity index is 2.54. The Bertz CT molecular complexity index is 292. The molecule has 0 saturated heterocycles. The number of aryl methyl sites for hydroxylation is 1. The highest BCUT2D eigenvalue weighted by Crippen LogP contribution is 2.06. The third kappa shape index (κ3) is 2.89. The van der Waals surface area contributed by atoms with E-state index < -0.39 is 5.97 Å². The van der Waals surface area contributed by atoms with Crippen molar-refractivity contribution in [2.24, 2.45) is 0 Å². The van der Waals surface area contributed by atoms with Crippen molar-refractivity contribution in [2.45, 2.75) is 32.7 Å². The van der Waals surface area contributed by atoms with Gasteiger partial charge in [0.25, 0.3) is 0 Å². The summed E-state index contributed by atoms with van der Waals surface area (Å²) in [5, 5.41) is 8.46. The standard InChI is InChI=1S/C9H14N2O2/c1-7(2)11-5-8(10-6-11)3-4-9(12)13/h5-7H,3-4H2,1-2H3,(H,12,13). The number of hydrogen-bond donors (Lipinski definition) is 1. The third-order valence-electron chi connectivity index (χ3n) is 1.85. The summed E-state index contributed by atoms with van der Waals surface area (Å²) in [7, 11) is 0. The summed E-state index contributed by atoms with van der Waals surface area (Å²) in [6, 6.07) is 0.381. The molecule has 1 aromatic rings. The smallest absolute Gasteiger partial charge is 0.303 e. The minimum absolute atomic E-state index is 0.148. The zero-order valence-corrected chi connectivity index (χ0v) is 7.90. The van der Waals surface area contributed by atoms with E-state index in [1.54, 1.807) is 6.33 Å². The second-order valence-electron chi connectivity index (χ2n) is 3.30. The van der Waals surface area contributed by atoms with Crippen LogP contribution in [-0.4, -0.2) is 20.6 Å². The average Bonchev–Trinajstić information content (AvgIpc) is 2.48. The Kier molecular flexibility index (Phi) is 3.06. The van der Waals surface area contributed by atoms with E-state index in [0.29, 0.717) is 12.5 Å². The quantitative estimate of drug-likeness (QED) is 0.767. The molecule has 0 aliphatic heterocycles. The number of carboxylic acid groups (broad SMARTS) is 1. The van der Waals surface area contributed by atoms with Crippen LogP contribution in [0.25, 0.3) is 0 Å². The van der Waals surface area contributed by atoms with Gasteiger partial charge < -0.3 is 9.67 Å². The number of aliphatic carboxylic acids is 1. The molecule has 72 valence electrons. The van der Waals surface area contributed by atoms with Crippen molar-refractivity contribution in [2.75, 3.05) is 0 Å². The summed E-state index contributed by atoms with van der Waals surface area (Å²) in [4.78, 5) is 14.4. The van der Waals surface area contributed by atoms with Gasteiger partial charge in [0.05, 0.1) is 18.4 Å². The molecule has 0 unspecified atom stereocenters. The molecule has 0 aliphatic carbocycles. The lowest BCUT2D eigenvalue weighted by atomic mass is 10.2. The number of imidazole rings is 1. The highest BCUT2D eigenvalue weighted by molar-refractivity contribution is 5.66. The van der Waals surface area contributed by atoms with E-state index in [2.05, 4.69) is 18.8 Å². The summed E-state index contributed by atoms with van der Waals surface area (Å²) in [6.45, 7) is 4.12. The van der Waals surface area contributed by atoms with Crippen LogP contribution in [0.4, 0.5) is 0 Å². The molecule has 1 rings (SSSR count). The predicted octanol–water partition coefficient (Wildman–Crippen LogP) is 1.48. The van der Waals surface area contributed by atoms with E-state index in [9.17, 15) is 4.79 Å². The maximum atomic E-state index is 10.3. The Morgan fingerprint density at radius 3 is 2.85 bits per heavy atom. The van der Waals surface area contributed by atoms with Crippen molar-refractivity contribution in [3.05, 3.63) is 18.2 Å². The minimum atomic E-state index is -0.779. The van der Waals surface area contributed by atoms with Crippen molar-refractivity contribution in [1.29, 1.82) is 0 Å². The average molecular weight is 182 g/mol. The van der Waals surface area contributed by atoms with Crippen molar-refractivity contribution in [3.63, 3.8) is 0 Å². The molecule has 0 spiro atoms. The summed E-state index contributed by atoms with van der Waals surface area (Å²) in [6.07, 6.45) is 4.29. The van der Waals surface area contributed by atoms with Gasteiger partial charge in [0.2, 0.25) is 0 Å². The number of nitrogens with zero attached hydrogens (tertiary/aromatic N) is 2. The van der Waals surface area contributed by atoms with Crippen molar-refractivity contribution in [1.82, 2.24) is 9.55 Å². The molecule has 0 saturated carbocycles. The van der Waals surface area contributed by atoms with Gasteiger partial charge in [-0.2, -0.15) is 0 Å². The van der Waals surface area contributed by atoms with E-state index >= 15 is 0 Å². The van der Waals surface area contributed by atoms with Gasteiger partial charge >= 0.3 is 5.97 Å². The van der Waals surface area contributed by atoms with E-state index in [1.165, 1.54) is 0 Å². The molecule has 0 amide bonds. The summed E-state index contributed by atoms with van der Waals surface area (Å²) >= 11 is 0. The Morgan fingerprint density at radius 1 is 1.69 bits per heavy atom. The Hall–Kier alpha value is -1.32. The molecule has 1 aromatic heterocycles. The van der Waals surface area contributed by atoms with Gasteiger partial charge in [-0.15, -0.1) is 0 Å². The third-order valence-corrected chi connectivity index (χ3v) is 1.85. The van der Waals surface area contributed by atoms with E-state index in [1.807, 2.05) is 10.8 Å². The predicted molar refractivity (Wildman–Crippen MR) is 48.6 cm³/mol. The lowest BCUT2D eigenvalue weighted by Gasteiger charge is -2.03. The first-order chi connectivity index (χ1) is 6.09. The van der Waals surface area contributed by atoms with Gasteiger partial charge in [-0.25, -0.2) is 4.98 Å². The minimum Gasteiger partial charge on any atom is -0.481 e. The van der Waals surface area contributed by atoms with Crippen molar-refractivity contribution in [3.8, 4) is 0 Å². The van der Waals surface area contributed by atoms with Gasteiger partial charge in [-0.3, -0.25) is 4.79 Å². The fraction of sp³-hybridized carbons (Fsp3) is 0.556. The normalized spacial score (nSPS) is 10.7. The maximum Gasteiger partial charge on any atom is 0.303 e. The van der Waals surface area contributed by atoms with Gasteiger partial charge in [-0.05, 0) is 13.8 Å². The number of aromatic nitrogens is 2. The molecule has 4 nitrogen and oxygen atoms in total. The zero-order chi connectivity index (χ0) is 9.84. The molecule has 0 atom stereocenters. The van der Waals surface area contributed by atoms with E-state index in [0.717, 1.165) is 5.69 Å². The fourth-order valence-electron chi connectivity index (χ4n) is 1.03. The summed E-state index contributed by atoms with van der Waals surface area (Å²) in [5.41, 5.74) is 0.844. The second kappa shape index (κ2) is 4.07. The number of rotatable bonds is 4. The first kappa shape index (κ1) is 9.77. The molecule has 1 N–H and O–H groups in total. The van der Waals surface area contributed by atoms with Crippen LogP contribution in [0.3, 0.4) is 0 Å².